The summed E-state index contributed by atoms with van der Waals surface area (Å²) in [6.45, 7) is 11.4. The summed E-state index contributed by atoms with van der Waals surface area (Å²) in [5, 5.41) is 6.91. The molecule has 2 N–H and O–H groups in total. The summed E-state index contributed by atoms with van der Waals surface area (Å²) < 4.78 is 0. The van der Waals surface area contributed by atoms with E-state index in [1.54, 1.807) is 0 Å². The number of nitrogens with zero attached hydrogens (tertiary/aromatic N) is 2. The topological polar surface area (TPSA) is 39.7 Å². The summed E-state index contributed by atoms with van der Waals surface area (Å²) in [5.74, 6) is 1.71. The van der Waals surface area contributed by atoms with Gasteiger partial charge in [0, 0.05) is 26.2 Å². The highest BCUT2D eigenvalue weighted by Gasteiger charge is 2.10. The predicted molar refractivity (Wildman–Crippen MR) is 104 cm³/mol. The highest BCUT2D eigenvalue weighted by molar-refractivity contribution is 14.0. The Morgan fingerprint density at radius 3 is 2.33 bits per heavy atom. The molecule has 1 heterocycles. The van der Waals surface area contributed by atoms with Crippen molar-refractivity contribution in [3.8, 4) is 0 Å². The van der Waals surface area contributed by atoms with Crippen LogP contribution in [0.15, 0.2) is 4.99 Å². The first-order valence-corrected chi connectivity index (χ1v) is 8.31. The predicted octanol–water partition coefficient (Wildman–Crippen LogP) is 3.08. The first-order chi connectivity index (χ1) is 9.61. The molecule has 5 heteroatoms. The van der Waals surface area contributed by atoms with Crippen LogP contribution >= 0.6 is 24.0 Å². The molecule has 0 radical (unpaired) electrons. The van der Waals surface area contributed by atoms with Crippen molar-refractivity contribution in [3.63, 3.8) is 0 Å². The molecule has 1 atom stereocenters. The molecule has 0 aliphatic carbocycles. The van der Waals surface area contributed by atoms with Crippen molar-refractivity contribution in [2.24, 2.45) is 10.9 Å². The Balaban J connectivity index is 0.00000400. The van der Waals surface area contributed by atoms with Gasteiger partial charge in [0.05, 0.1) is 0 Å². The van der Waals surface area contributed by atoms with Crippen LogP contribution in [0.3, 0.4) is 0 Å². The molecule has 0 spiro atoms. The third-order valence-electron chi connectivity index (χ3n) is 3.95. The van der Waals surface area contributed by atoms with E-state index in [2.05, 4.69) is 41.3 Å². The lowest BCUT2D eigenvalue weighted by Gasteiger charge is -2.27. The number of hydrogen-bond donors (Lipinski definition) is 2. The van der Waals surface area contributed by atoms with E-state index in [9.17, 15) is 0 Å². The minimum Gasteiger partial charge on any atom is -0.355 e. The molecule has 4 nitrogen and oxygen atoms in total. The Labute approximate surface area is 148 Å². The van der Waals surface area contributed by atoms with Crippen LogP contribution in [-0.2, 0) is 0 Å². The molecule has 0 aromatic heterocycles. The van der Waals surface area contributed by atoms with E-state index in [1.165, 1.54) is 45.2 Å². The number of piperidine rings is 1. The van der Waals surface area contributed by atoms with E-state index < -0.39 is 0 Å². The van der Waals surface area contributed by atoms with Gasteiger partial charge in [0.25, 0.3) is 0 Å². The molecular formula is C16H35IN4. The quantitative estimate of drug-likeness (QED) is 0.385. The summed E-state index contributed by atoms with van der Waals surface area (Å²) in [6.07, 6.45) is 6.59. The molecule has 1 aliphatic heterocycles. The standard InChI is InChI=1S/C16H34N4.HI/c1-14(2)8-9-15(3)19-16(17-4)18-10-13-20-11-6-5-7-12-20;/h14-15H,5-13H2,1-4H3,(H2,17,18,19);1H. The Hall–Kier alpha value is -0.0400. The zero-order valence-electron chi connectivity index (χ0n) is 14.3. The van der Waals surface area contributed by atoms with Crippen LogP contribution in [0.2, 0.25) is 0 Å². The summed E-state index contributed by atoms with van der Waals surface area (Å²) in [6, 6.07) is 0.485. The summed E-state index contributed by atoms with van der Waals surface area (Å²) in [7, 11) is 1.85. The summed E-state index contributed by atoms with van der Waals surface area (Å²) in [4.78, 5) is 6.86. The van der Waals surface area contributed by atoms with Gasteiger partial charge in [-0.3, -0.25) is 4.99 Å². The number of likely N-dealkylation sites (tertiary alicyclic amines) is 1. The second-order valence-electron chi connectivity index (χ2n) is 6.42. The van der Waals surface area contributed by atoms with Gasteiger partial charge in [0.15, 0.2) is 5.96 Å². The fourth-order valence-electron chi connectivity index (χ4n) is 2.60. The monoisotopic (exact) mass is 410 g/mol. The molecule has 0 saturated carbocycles. The SMILES string of the molecule is CN=C(NCCN1CCCCC1)NC(C)CCC(C)C.I. The van der Waals surface area contributed by atoms with Crippen LogP contribution in [0.4, 0.5) is 0 Å². The van der Waals surface area contributed by atoms with Crippen LogP contribution < -0.4 is 10.6 Å². The van der Waals surface area contributed by atoms with Crippen molar-refractivity contribution >= 4 is 29.9 Å². The van der Waals surface area contributed by atoms with Crippen molar-refractivity contribution in [2.75, 3.05) is 33.2 Å². The lowest BCUT2D eigenvalue weighted by molar-refractivity contribution is 0.232. The van der Waals surface area contributed by atoms with Gasteiger partial charge in [-0.1, -0.05) is 20.3 Å². The van der Waals surface area contributed by atoms with Gasteiger partial charge < -0.3 is 15.5 Å². The molecule has 1 unspecified atom stereocenters. The highest BCUT2D eigenvalue weighted by atomic mass is 127. The second-order valence-corrected chi connectivity index (χ2v) is 6.42. The lowest BCUT2D eigenvalue weighted by Crippen LogP contribution is -2.45. The molecule has 1 fully saturated rings. The molecule has 0 aromatic carbocycles. The fraction of sp³-hybridized carbons (Fsp3) is 0.938. The van der Waals surface area contributed by atoms with Crippen LogP contribution in [0.5, 0.6) is 0 Å². The number of rotatable bonds is 7. The number of guanidine groups is 1. The summed E-state index contributed by atoms with van der Waals surface area (Å²) >= 11 is 0. The Morgan fingerprint density at radius 2 is 1.76 bits per heavy atom. The van der Waals surface area contributed by atoms with Crippen molar-refractivity contribution in [1.29, 1.82) is 0 Å². The van der Waals surface area contributed by atoms with E-state index in [-0.39, 0.29) is 24.0 Å². The number of hydrogen-bond acceptors (Lipinski definition) is 2. The zero-order chi connectivity index (χ0) is 14.8. The Bertz CT molecular complexity index is 275. The largest absolute Gasteiger partial charge is 0.355 e. The lowest BCUT2D eigenvalue weighted by atomic mass is 10.0. The van der Waals surface area contributed by atoms with Crippen LogP contribution in [-0.4, -0.2) is 50.1 Å². The number of halogens is 1. The number of aliphatic imine (C=N–C) groups is 1. The van der Waals surface area contributed by atoms with Gasteiger partial charge in [-0.15, -0.1) is 24.0 Å². The minimum atomic E-state index is 0. The molecule has 0 amide bonds. The van der Waals surface area contributed by atoms with Crippen LogP contribution in [0.1, 0.15) is 52.9 Å². The van der Waals surface area contributed by atoms with E-state index in [4.69, 9.17) is 0 Å². The van der Waals surface area contributed by atoms with Gasteiger partial charge >= 0.3 is 0 Å². The van der Waals surface area contributed by atoms with Crippen molar-refractivity contribution < 1.29 is 0 Å². The van der Waals surface area contributed by atoms with Gasteiger partial charge in [0.1, 0.15) is 0 Å². The van der Waals surface area contributed by atoms with E-state index in [0.29, 0.717) is 6.04 Å². The summed E-state index contributed by atoms with van der Waals surface area (Å²) in [5.41, 5.74) is 0. The normalized spacial score (nSPS) is 18.2. The molecular weight excluding hydrogens is 375 g/mol. The van der Waals surface area contributed by atoms with Crippen LogP contribution in [0, 0.1) is 5.92 Å². The van der Waals surface area contributed by atoms with Gasteiger partial charge in [-0.05, 0) is 51.6 Å². The fourth-order valence-corrected chi connectivity index (χ4v) is 2.60. The molecule has 0 bridgehead atoms. The molecule has 1 rings (SSSR count). The third-order valence-corrected chi connectivity index (χ3v) is 3.95. The van der Waals surface area contributed by atoms with E-state index in [1.807, 2.05) is 7.05 Å². The average molecular weight is 410 g/mol. The third kappa shape index (κ3) is 10.3. The molecule has 126 valence electrons. The van der Waals surface area contributed by atoms with E-state index in [0.717, 1.165) is 25.0 Å². The average Bonchev–Trinajstić information content (AvgIpc) is 2.45. The molecule has 1 saturated heterocycles. The zero-order valence-corrected chi connectivity index (χ0v) is 16.7. The van der Waals surface area contributed by atoms with Gasteiger partial charge in [-0.25, -0.2) is 0 Å². The first-order valence-electron chi connectivity index (χ1n) is 8.31. The Kier molecular flexibility index (Phi) is 12.5. The molecule has 21 heavy (non-hydrogen) atoms. The second kappa shape index (κ2) is 12.5. The Morgan fingerprint density at radius 1 is 1.10 bits per heavy atom. The maximum absolute atomic E-state index is 4.31. The van der Waals surface area contributed by atoms with Crippen molar-refractivity contribution in [1.82, 2.24) is 15.5 Å². The molecule has 1 aliphatic rings. The minimum absolute atomic E-state index is 0. The highest BCUT2D eigenvalue weighted by Crippen LogP contribution is 2.07. The molecule has 0 aromatic rings. The van der Waals surface area contributed by atoms with Gasteiger partial charge in [-0.2, -0.15) is 0 Å². The van der Waals surface area contributed by atoms with Crippen LogP contribution in [0.25, 0.3) is 0 Å². The van der Waals surface area contributed by atoms with Gasteiger partial charge in [0.2, 0.25) is 0 Å². The maximum atomic E-state index is 4.31. The first kappa shape index (κ1) is 21.0. The van der Waals surface area contributed by atoms with Crippen molar-refractivity contribution in [3.05, 3.63) is 0 Å². The smallest absolute Gasteiger partial charge is 0.191 e. The number of nitrogens with one attached hydrogen (secondary N) is 2. The van der Waals surface area contributed by atoms with E-state index >= 15 is 0 Å². The van der Waals surface area contributed by atoms with Crippen molar-refractivity contribution in [2.45, 2.75) is 58.9 Å². The maximum Gasteiger partial charge on any atom is 0.191 e.